The molecule has 29 heavy (non-hydrogen) atoms. The van der Waals surface area contributed by atoms with E-state index in [1.54, 1.807) is 20.5 Å². The molecular formula is C20H24N4O4S. The van der Waals surface area contributed by atoms with E-state index in [1.807, 2.05) is 47.9 Å². The molecule has 0 aliphatic rings. The summed E-state index contributed by atoms with van der Waals surface area (Å²) in [6.07, 6.45) is 1.63. The lowest BCUT2D eigenvalue weighted by Gasteiger charge is -2.14. The standard InChI is InChI=1S/C20H24N4O4S/c1-14(19(25)21-10-12-26-2)29-20-23-22-18(16-8-4-5-9-17(16)27-3)24(20)13-15-7-6-11-28-15/h4-9,11,14H,10,12-13H2,1-3H3,(H,21,25)/t14-/m1/s1. The molecule has 1 amide bonds. The van der Waals surface area contributed by atoms with Crippen LogP contribution < -0.4 is 10.1 Å². The molecule has 1 atom stereocenters. The highest BCUT2D eigenvalue weighted by atomic mass is 32.2. The van der Waals surface area contributed by atoms with E-state index in [0.29, 0.717) is 36.4 Å². The molecule has 0 unspecified atom stereocenters. The van der Waals surface area contributed by atoms with Crippen molar-refractivity contribution < 1.29 is 18.7 Å². The van der Waals surface area contributed by atoms with Crippen molar-refractivity contribution in [2.45, 2.75) is 23.9 Å². The molecule has 8 nitrogen and oxygen atoms in total. The molecule has 2 aromatic heterocycles. The van der Waals surface area contributed by atoms with Crippen LogP contribution in [0.4, 0.5) is 0 Å². The summed E-state index contributed by atoms with van der Waals surface area (Å²) in [4.78, 5) is 12.3. The van der Waals surface area contributed by atoms with E-state index in [9.17, 15) is 4.79 Å². The van der Waals surface area contributed by atoms with E-state index in [0.717, 1.165) is 11.3 Å². The van der Waals surface area contributed by atoms with Crippen molar-refractivity contribution >= 4 is 17.7 Å². The van der Waals surface area contributed by atoms with Crippen LogP contribution in [0, 0.1) is 0 Å². The molecule has 3 aromatic rings. The molecule has 9 heteroatoms. The third-order valence-corrected chi connectivity index (χ3v) is 5.30. The van der Waals surface area contributed by atoms with Gasteiger partial charge in [-0.05, 0) is 31.2 Å². The monoisotopic (exact) mass is 416 g/mol. The van der Waals surface area contributed by atoms with Crippen molar-refractivity contribution in [3.63, 3.8) is 0 Å². The van der Waals surface area contributed by atoms with Crippen molar-refractivity contribution in [1.82, 2.24) is 20.1 Å². The Morgan fingerprint density at radius 1 is 1.24 bits per heavy atom. The van der Waals surface area contributed by atoms with Gasteiger partial charge >= 0.3 is 0 Å². The Balaban J connectivity index is 1.89. The number of furan rings is 1. The predicted octanol–water partition coefficient (Wildman–Crippen LogP) is 2.84. The van der Waals surface area contributed by atoms with Gasteiger partial charge in [0.1, 0.15) is 11.5 Å². The Hall–Kier alpha value is -2.78. The first-order valence-electron chi connectivity index (χ1n) is 9.16. The van der Waals surface area contributed by atoms with Crippen LogP contribution >= 0.6 is 11.8 Å². The number of carbonyl (C=O) groups excluding carboxylic acids is 1. The molecule has 0 bridgehead atoms. The Bertz CT molecular complexity index is 926. The number of hydrogen-bond acceptors (Lipinski definition) is 7. The number of hydrogen-bond donors (Lipinski definition) is 1. The van der Waals surface area contributed by atoms with Gasteiger partial charge in [0.05, 0.1) is 37.3 Å². The molecule has 0 saturated carbocycles. The minimum Gasteiger partial charge on any atom is -0.496 e. The lowest BCUT2D eigenvalue weighted by molar-refractivity contribution is -0.120. The van der Waals surface area contributed by atoms with E-state index in [-0.39, 0.29) is 11.2 Å². The van der Waals surface area contributed by atoms with Crippen LogP contribution in [-0.2, 0) is 16.1 Å². The Labute approximate surface area is 173 Å². The van der Waals surface area contributed by atoms with Gasteiger partial charge in [0.15, 0.2) is 11.0 Å². The third kappa shape index (κ3) is 5.18. The van der Waals surface area contributed by atoms with Crippen molar-refractivity contribution in [3.8, 4) is 17.1 Å². The zero-order valence-electron chi connectivity index (χ0n) is 16.6. The highest BCUT2D eigenvalue weighted by molar-refractivity contribution is 8.00. The summed E-state index contributed by atoms with van der Waals surface area (Å²) in [5, 5.41) is 11.8. The average molecular weight is 417 g/mol. The van der Waals surface area contributed by atoms with E-state index in [4.69, 9.17) is 13.9 Å². The van der Waals surface area contributed by atoms with Gasteiger partial charge in [0, 0.05) is 13.7 Å². The van der Waals surface area contributed by atoms with E-state index >= 15 is 0 Å². The maximum absolute atomic E-state index is 12.3. The SMILES string of the molecule is COCCNC(=O)[C@@H](C)Sc1nnc(-c2ccccc2OC)n1Cc1ccco1. The maximum Gasteiger partial charge on any atom is 0.233 e. The molecule has 1 aromatic carbocycles. The van der Waals surface area contributed by atoms with Crippen molar-refractivity contribution in [1.29, 1.82) is 0 Å². The number of para-hydroxylation sites is 1. The van der Waals surface area contributed by atoms with Crippen LogP contribution in [0.1, 0.15) is 12.7 Å². The highest BCUT2D eigenvalue weighted by Gasteiger charge is 2.22. The molecule has 0 saturated heterocycles. The summed E-state index contributed by atoms with van der Waals surface area (Å²) in [6.45, 7) is 3.21. The first-order chi connectivity index (χ1) is 14.1. The number of benzene rings is 1. The molecule has 0 fully saturated rings. The Morgan fingerprint density at radius 2 is 2.07 bits per heavy atom. The first-order valence-corrected chi connectivity index (χ1v) is 10.0. The number of amides is 1. The number of nitrogens with zero attached hydrogens (tertiary/aromatic N) is 3. The largest absolute Gasteiger partial charge is 0.496 e. The third-order valence-electron chi connectivity index (χ3n) is 4.22. The molecule has 0 spiro atoms. The van der Waals surface area contributed by atoms with Crippen LogP contribution in [-0.4, -0.2) is 53.3 Å². The second-order valence-electron chi connectivity index (χ2n) is 6.22. The maximum atomic E-state index is 12.3. The zero-order valence-corrected chi connectivity index (χ0v) is 17.4. The van der Waals surface area contributed by atoms with Crippen LogP contribution in [0.2, 0.25) is 0 Å². The molecule has 2 heterocycles. The number of rotatable bonds is 10. The smallest absolute Gasteiger partial charge is 0.233 e. The molecule has 1 N–H and O–H groups in total. The van der Waals surface area contributed by atoms with Gasteiger partial charge in [-0.1, -0.05) is 23.9 Å². The summed E-state index contributed by atoms with van der Waals surface area (Å²) in [7, 11) is 3.22. The molecule has 0 aliphatic carbocycles. The predicted molar refractivity (Wildman–Crippen MR) is 110 cm³/mol. The van der Waals surface area contributed by atoms with Gasteiger partial charge in [0.2, 0.25) is 5.91 Å². The fourth-order valence-corrected chi connectivity index (χ4v) is 3.61. The zero-order chi connectivity index (χ0) is 20.6. The van der Waals surface area contributed by atoms with Gasteiger partial charge in [0.25, 0.3) is 0 Å². The van der Waals surface area contributed by atoms with E-state index in [1.165, 1.54) is 11.8 Å². The summed E-state index contributed by atoms with van der Waals surface area (Å²) in [6, 6.07) is 11.3. The fourth-order valence-electron chi connectivity index (χ4n) is 2.74. The minimum absolute atomic E-state index is 0.0848. The summed E-state index contributed by atoms with van der Waals surface area (Å²) >= 11 is 1.34. The second-order valence-corrected chi connectivity index (χ2v) is 7.52. The summed E-state index contributed by atoms with van der Waals surface area (Å²) < 4.78 is 17.9. The molecule has 3 rings (SSSR count). The fraction of sp³-hybridized carbons (Fsp3) is 0.350. The molecular weight excluding hydrogens is 392 g/mol. The number of carbonyl (C=O) groups is 1. The van der Waals surface area contributed by atoms with Gasteiger partial charge in [-0.3, -0.25) is 9.36 Å². The number of aromatic nitrogens is 3. The minimum atomic E-state index is -0.350. The quantitative estimate of drug-likeness (QED) is 0.401. The lowest BCUT2D eigenvalue weighted by atomic mass is 10.2. The number of methoxy groups -OCH3 is 2. The van der Waals surface area contributed by atoms with Crippen LogP contribution in [0.15, 0.2) is 52.2 Å². The lowest BCUT2D eigenvalue weighted by Crippen LogP contribution is -2.33. The molecule has 0 aliphatic heterocycles. The Morgan fingerprint density at radius 3 is 2.79 bits per heavy atom. The van der Waals surface area contributed by atoms with Crippen molar-refractivity contribution in [2.24, 2.45) is 0 Å². The average Bonchev–Trinajstić information content (AvgIpc) is 3.39. The van der Waals surface area contributed by atoms with Crippen molar-refractivity contribution in [2.75, 3.05) is 27.4 Å². The van der Waals surface area contributed by atoms with Crippen LogP contribution in [0.3, 0.4) is 0 Å². The second kappa shape index (κ2) is 10.1. The van der Waals surface area contributed by atoms with Gasteiger partial charge in [-0.25, -0.2) is 0 Å². The number of ether oxygens (including phenoxy) is 2. The van der Waals surface area contributed by atoms with Gasteiger partial charge < -0.3 is 19.2 Å². The number of nitrogens with one attached hydrogen (secondary N) is 1. The summed E-state index contributed by atoms with van der Waals surface area (Å²) in [5.41, 5.74) is 0.818. The Kier molecular flexibility index (Phi) is 7.31. The van der Waals surface area contributed by atoms with Crippen LogP contribution in [0.25, 0.3) is 11.4 Å². The van der Waals surface area contributed by atoms with Crippen LogP contribution in [0.5, 0.6) is 5.75 Å². The topological polar surface area (TPSA) is 91.4 Å². The van der Waals surface area contributed by atoms with E-state index in [2.05, 4.69) is 15.5 Å². The molecule has 0 radical (unpaired) electrons. The first kappa shape index (κ1) is 20.9. The normalized spacial score (nSPS) is 12.0. The van der Waals surface area contributed by atoms with Gasteiger partial charge in [-0.15, -0.1) is 10.2 Å². The van der Waals surface area contributed by atoms with Crippen molar-refractivity contribution in [3.05, 3.63) is 48.4 Å². The van der Waals surface area contributed by atoms with E-state index < -0.39 is 0 Å². The molecule has 154 valence electrons. The summed E-state index contributed by atoms with van der Waals surface area (Å²) in [5.74, 6) is 2.02. The highest BCUT2D eigenvalue weighted by Crippen LogP contribution is 2.32. The number of thioether (sulfide) groups is 1. The van der Waals surface area contributed by atoms with Gasteiger partial charge in [-0.2, -0.15) is 0 Å².